The highest BCUT2D eigenvalue weighted by atomic mass is 35.5. The molecule has 156 valence electrons. The molecule has 1 aromatic carbocycles. The third kappa shape index (κ3) is 5.09. The number of nitrogens with two attached hydrogens (primary N) is 1. The molecule has 29 heavy (non-hydrogen) atoms. The van der Waals surface area contributed by atoms with E-state index in [1.165, 1.54) is 16.2 Å². The minimum atomic E-state index is -4.66. The van der Waals surface area contributed by atoms with Crippen LogP contribution in [0.1, 0.15) is 20.8 Å². The number of halogens is 4. The molecule has 1 fully saturated rings. The molecule has 5 nitrogen and oxygen atoms in total. The fraction of sp³-hybridized carbons (Fsp3) is 0.368. The third-order valence-corrected chi connectivity index (χ3v) is 5.85. The zero-order valence-electron chi connectivity index (χ0n) is 15.3. The molecule has 0 saturated carbocycles. The molecule has 0 spiro atoms. The normalized spacial score (nSPS) is 16.0. The first-order valence-electron chi connectivity index (χ1n) is 8.89. The fourth-order valence-electron chi connectivity index (χ4n) is 3.21. The number of rotatable bonds is 4. The SMILES string of the molecule is NC(Cc1cccs1)C(=O)N1CCN(C(=O)c2cc(Cl)ccc2C(F)(F)F)CC1. The van der Waals surface area contributed by atoms with Gasteiger partial charge in [-0.2, -0.15) is 13.2 Å². The van der Waals surface area contributed by atoms with Gasteiger partial charge in [-0.15, -0.1) is 11.3 Å². The number of thiophene rings is 1. The minimum Gasteiger partial charge on any atom is -0.338 e. The smallest absolute Gasteiger partial charge is 0.338 e. The Hall–Kier alpha value is -2.10. The molecule has 1 aromatic heterocycles. The fourth-order valence-corrected chi connectivity index (χ4v) is 4.15. The van der Waals surface area contributed by atoms with Crippen LogP contribution in [0.4, 0.5) is 13.2 Å². The monoisotopic (exact) mass is 445 g/mol. The number of carbonyl (C=O) groups is 2. The first-order valence-corrected chi connectivity index (χ1v) is 10.2. The molecule has 0 aliphatic carbocycles. The molecule has 1 aliphatic rings. The van der Waals surface area contributed by atoms with Crippen molar-refractivity contribution in [2.24, 2.45) is 5.73 Å². The first kappa shape index (κ1) is 21.6. The lowest BCUT2D eigenvalue weighted by Gasteiger charge is -2.36. The van der Waals surface area contributed by atoms with Gasteiger partial charge in [0.1, 0.15) is 0 Å². The Morgan fingerprint density at radius 1 is 1.14 bits per heavy atom. The standard InChI is InChI=1S/C19H19ClF3N3O2S/c20-12-3-4-15(19(21,22)23)14(10-12)17(27)25-5-7-26(8-6-25)18(28)16(24)11-13-2-1-9-29-13/h1-4,9-10,16H,5-8,11,24H2. The summed E-state index contributed by atoms with van der Waals surface area (Å²) in [6, 6.07) is 6.03. The summed E-state index contributed by atoms with van der Waals surface area (Å²) in [5, 5.41) is 1.96. The Morgan fingerprint density at radius 3 is 2.38 bits per heavy atom. The van der Waals surface area contributed by atoms with Crippen molar-refractivity contribution >= 4 is 34.8 Å². The van der Waals surface area contributed by atoms with E-state index in [2.05, 4.69) is 0 Å². The number of carbonyl (C=O) groups excluding carboxylic acids is 2. The van der Waals surface area contributed by atoms with E-state index in [4.69, 9.17) is 17.3 Å². The number of piperazine rings is 1. The minimum absolute atomic E-state index is 0.0507. The van der Waals surface area contributed by atoms with Gasteiger partial charge >= 0.3 is 6.18 Å². The Kier molecular flexibility index (Phi) is 6.50. The largest absolute Gasteiger partial charge is 0.417 e. The second-order valence-electron chi connectivity index (χ2n) is 6.70. The van der Waals surface area contributed by atoms with Crippen LogP contribution >= 0.6 is 22.9 Å². The van der Waals surface area contributed by atoms with Crippen molar-refractivity contribution in [3.05, 3.63) is 56.7 Å². The molecule has 0 radical (unpaired) electrons. The van der Waals surface area contributed by atoms with E-state index in [0.29, 0.717) is 6.42 Å². The van der Waals surface area contributed by atoms with Gasteiger partial charge in [0.15, 0.2) is 0 Å². The van der Waals surface area contributed by atoms with Crippen molar-refractivity contribution in [2.75, 3.05) is 26.2 Å². The molecular formula is C19H19ClF3N3O2S. The maximum absolute atomic E-state index is 13.2. The van der Waals surface area contributed by atoms with Gasteiger partial charge in [-0.1, -0.05) is 17.7 Å². The number of amides is 2. The second kappa shape index (κ2) is 8.73. The highest BCUT2D eigenvalue weighted by Gasteiger charge is 2.37. The van der Waals surface area contributed by atoms with Crippen LogP contribution in [0.15, 0.2) is 35.7 Å². The lowest BCUT2D eigenvalue weighted by molar-refractivity contribution is -0.138. The molecule has 2 amide bonds. The first-order chi connectivity index (χ1) is 13.7. The molecule has 1 unspecified atom stereocenters. The average molecular weight is 446 g/mol. The van der Waals surface area contributed by atoms with E-state index < -0.39 is 29.3 Å². The van der Waals surface area contributed by atoms with E-state index in [9.17, 15) is 22.8 Å². The molecule has 1 saturated heterocycles. The molecule has 2 N–H and O–H groups in total. The van der Waals surface area contributed by atoms with Crippen LogP contribution in [-0.2, 0) is 17.4 Å². The number of alkyl halides is 3. The van der Waals surface area contributed by atoms with Crippen molar-refractivity contribution in [2.45, 2.75) is 18.6 Å². The Labute approximate surface area is 174 Å². The molecule has 3 rings (SSSR count). The Balaban J connectivity index is 1.64. The molecular weight excluding hydrogens is 427 g/mol. The van der Waals surface area contributed by atoms with Gasteiger partial charge in [-0.3, -0.25) is 9.59 Å². The number of hydrogen-bond donors (Lipinski definition) is 1. The van der Waals surface area contributed by atoms with Crippen molar-refractivity contribution in [3.63, 3.8) is 0 Å². The van der Waals surface area contributed by atoms with Gasteiger partial charge in [0.2, 0.25) is 5.91 Å². The summed E-state index contributed by atoms with van der Waals surface area (Å²) < 4.78 is 39.7. The lowest BCUT2D eigenvalue weighted by Crippen LogP contribution is -2.54. The van der Waals surface area contributed by atoms with Crippen molar-refractivity contribution in [1.82, 2.24) is 9.80 Å². The van der Waals surface area contributed by atoms with E-state index in [-0.39, 0.29) is 37.1 Å². The van der Waals surface area contributed by atoms with E-state index in [1.54, 1.807) is 4.90 Å². The maximum atomic E-state index is 13.2. The molecule has 0 bridgehead atoms. The zero-order chi connectivity index (χ0) is 21.2. The van der Waals surface area contributed by atoms with Crippen LogP contribution in [0.2, 0.25) is 5.02 Å². The van der Waals surface area contributed by atoms with Crippen LogP contribution in [0, 0.1) is 0 Å². The summed E-state index contributed by atoms with van der Waals surface area (Å²) in [5.74, 6) is -0.987. The van der Waals surface area contributed by atoms with Crippen LogP contribution in [0.5, 0.6) is 0 Å². The summed E-state index contributed by atoms with van der Waals surface area (Å²) in [4.78, 5) is 29.1. The van der Waals surface area contributed by atoms with Crippen LogP contribution in [0.3, 0.4) is 0 Å². The summed E-state index contributed by atoms with van der Waals surface area (Å²) in [7, 11) is 0. The van der Waals surface area contributed by atoms with Gasteiger partial charge < -0.3 is 15.5 Å². The van der Waals surface area contributed by atoms with Crippen molar-refractivity contribution in [3.8, 4) is 0 Å². The van der Waals surface area contributed by atoms with Crippen LogP contribution in [-0.4, -0.2) is 53.8 Å². The quantitative estimate of drug-likeness (QED) is 0.785. The third-order valence-electron chi connectivity index (χ3n) is 4.71. The van der Waals surface area contributed by atoms with E-state index in [0.717, 1.165) is 23.1 Å². The van der Waals surface area contributed by atoms with Crippen molar-refractivity contribution < 1.29 is 22.8 Å². The van der Waals surface area contributed by atoms with Gasteiger partial charge in [0.25, 0.3) is 5.91 Å². The van der Waals surface area contributed by atoms with Gasteiger partial charge in [-0.05, 0) is 29.6 Å². The highest BCUT2D eigenvalue weighted by molar-refractivity contribution is 7.09. The number of benzene rings is 1. The summed E-state index contributed by atoms with van der Waals surface area (Å²) in [6.45, 7) is 0.676. The van der Waals surface area contributed by atoms with Crippen LogP contribution in [0.25, 0.3) is 0 Å². The van der Waals surface area contributed by atoms with Crippen molar-refractivity contribution in [1.29, 1.82) is 0 Å². The maximum Gasteiger partial charge on any atom is 0.417 e. The lowest BCUT2D eigenvalue weighted by atomic mass is 10.1. The van der Waals surface area contributed by atoms with E-state index >= 15 is 0 Å². The van der Waals surface area contributed by atoms with E-state index in [1.807, 2.05) is 17.5 Å². The van der Waals surface area contributed by atoms with Gasteiger partial charge in [-0.25, -0.2) is 0 Å². The number of nitrogens with zero attached hydrogens (tertiary/aromatic N) is 2. The topological polar surface area (TPSA) is 66.6 Å². The van der Waals surface area contributed by atoms with Crippen LogP contribution < -0.4 is 5.73 Å². The Morgan fingerprint density at radius 2 is 1.79 bits per heavy atom. The predicted molar refractivity (Wildman–Crippen MR) is 105 cm³/mol. The predicted octanol–water partition coefficient (Wildman–Crippen LogP) is 3.27. The summed E-state index contributed by atoms with van der Waals surface area (Å²) in [5.41, 5.74) is 4.49. The summed E-state index contributed by atoms with van der Waals surface area (Å²) in [6.07, 6.45) is -4.24. The number of hydrogen-bond acceptors (Lipinski definition) is 4. The molecule has 1 atom stereocenters. The van der Waals surface area contributed by atoms with Gasteiger partial charge in [0.05, 0.1) is 17.2 Å². The molecule has 2 aromatic rings. The molecule has 2 heterocycles. The van der Waals surface area contributed by atoms with Gasteiger partial charge in [0, 0.05) is 42.5 Å². The Bertz CT molecular complexity index is 881. The second-order valence-corrected chi connectivity index (χ2v) is 8.16. The molecule has 1 aliphatic heterocycles. The zero-order valence-corrected chi connectivity index (χ0v) is 16.9. The highest BCUT2D eigenvalue weighted by Crippen LogP contribution is 2.34. The average Bonchev–Trinajstić information content (AvgIpc) is 3.19. The molecule has 10 heteroatoms. The summed E-state index contributed by atoms with van der Waals surface area (Å²) >= 11 is 7.32.